The number of aromatic nitrogens is 2. The zero-order valence-electron chi connectivity index (χ0n) is 8.03. The van der Waals surface area contributed by atoms with Crippen LogP contribution in [0.3, 0.4) is 0 Å². The number of aryl methyl sites for hydroxylation is 1. The zero-order valence-corrected chi connectivity index (χ0v) is 8.03. The molecule has 0 saturated heterocycles. The molecule has 1 aromatic heterocycles. The minimum atomic E-state index is -0.281. The van der Waals surface area contributed by atoms with Crippen LogP contribution in [0.5, 0.6) is 0 Å². The number of hydrogen-bond donors (Lipinski definition) is 2. The lowest BCUT2D eigenvalue weighted by molar-refractivity contribution is 0.0939. The average molecular weight is 195 g/mol. The molecule has 0 spiro atoms. The van der Waals surface area contributed by atoms with E-state index in [0.29, 0.717) is 17.9 Å². The van der Waals surface area contributed by atoms with E-state index in [0.717, 1.165) is 0 Å². The molecule has 14 heavy (non-hydrogen) atoms. The largest absolute Gasteiger partial charge is 0.395 e. The lowest BCUT2D eigenvalue weighted by Gasteiger charge is -2.02. The summed E-state index contributed by atoms with van der Waals surface area (Å²) in [6.07, 6.45) is 2.25. The summed E-state index contributed by atoms with van der Waals surface area (Å²) < 4.78 is 0. The molecule has 2 N–H and O–H groups in total. The quantitative estimate of drug-likeness (QED) is 0.695. The van der Waals surface area contributed by atoms with E-state index in [-0.39, 0.29) is 19.1 Å². The molecule has 1 heterocycles. The Morgan fingerprint density at radius 1 is 1.64 bits per heavy atom. The molecule has 76 valence electrons. The Morgan fingerprint density at radius 3 is 3.07 bits per heavy atom. The molecule has 1 aromatic rings. The third kappa shape index (κ3) is 2.77. The molecule has 5 heteroatoms. The Hall–Kier alpha value is -1.49. The second-order valence-corrected chi connectivity index (χ2v) is 2.69. The third-order valence-corrected chi connectivity index (χ3v) is 1.65. The van der Waals surface area contributed by atoms with Gasteiger partial charge in [-0.25, -0.2) is 9.97 Å². The van der Waals surface area contributed by atoms with E-state index in [1.165, 1.54) is 0 Å². The van der Waals surface area contributed by atoms with Crippen LogP contribution in [0.25, 0.3) is 0 Å². The molecular weight excluding hydrogens is 182 g/mol. The molecule has 0 unspecified atom stereocenters. The number of aliphatic hydroxyl groups is 1. The summed E-state index contributed by atoms with van der Waals surface area (Å²) in [5, 5.41) is 11.0. The van der Waals surface area contributed by atoms with Gasteiger partial charge in [0.25, 0.3) is 5.91 Å². The summed E-state index contributed by atoms with van der Waals surface area (Å²) >= 11 is 0. The highest BCUT2D eigenvalue weighted by molar-refractivity contribution is 5.92. The van der Waals surface area contributed by atoms with Crippen molar-refractivity contribution >= 4 is 5.91 Å². The number of aliphatic hydroxyl groups excluding tert-OH is 1. The maximum Gasteiger partial charge on any atom is 0.270 e. The molecule has 1 amide bonds. The van der Waals surface area contributed by atoms with Gasteiger partial charge < -0.3 is 10.4 Å². The molecule has 0 saturated carbocycles. The van der Waals surface area contributed by atoms with Crippen LogP contribution in [0, 0.1) is 0 Å². The molecule has 0 aliphatic heterocycles. The first-order chi connectivity index (χ1) is 6.77. The Morgan fingerprint density at radius 2 is 2.43 bits per heavy atom. The highest BCUT2D eigenvalue weighted by Gasteiger charge is 2.06. The van der Waals surface area contributed by atoms with Crippen LogP contribution in [-0.4, -0.2) is 34.1 Å². The van der Waals surface area contributed by atoms with Crippen LogP contribution >= 0.6 is 0 Å². The monoisotopic (exact) mass is 195 g/mol. The zero-order chi connectivity index (χ0) is 10.4. The van der Waals surface area contributed by atoms with Crippen LogP contribution in [0.2, 0.25) is 0 Å². The smallest absolute Gasteiger partial charge is 0.270 e. The Labute approximate surface area is 82.2 Å². The Kier molecular flexibility index (Phi) is 4.00. The molecular formula is C9H13N3O2. The van der Waals surface area contributed by atoms with Gasteiger partial charge in [-0.05, 0) is 6.07 Å². The molecule has 0 bridgehead atoms. The number of nitrogens with one attached hydrogen (secondary N) is 1. The van der Waals surface area contributed by atoms with E-state index < -0.39 is 0 Å². The number of carbonyl (C=O) groups excluding carboxylic acids is 1. The molecule has 0 atom stereocenters. The van der Waals surface area contributed by atoms with E-state index in [9.17, 15) is 4.79 Å². The van der Waals surface area contributed by atoms with Gasteiger partial charge in [0.1, 0.15) is 11.5 Å². The van der Waals surface area contributed by atoms with Crippen LogP contribution in [0.15, 0.2) is 12.3 Å². The maximum atomic E-state index is 11.4. The van der Waals surface area contributed by atoms with E-state index in [4.69, 9.17) is 5.11 Å². The SMILES string of the molecule is CCc1nccc(C(=O)NCCO)n1. The number of rotatable bonds is 4. The van der Waals surface area contributed by atoms with Crippen molar-refractivity contribution in [3.63, 3.8) is 0 Å². The molecule has 1 rings (SSSR count). The number of amides is 1. The molecule has 5 nitrogen and oxygen atoms in total. The maximum absolute atomic E-state index is 11.4. The first kappa shape index (κ1) is 10.6. The van der Waals surface area contributed by atoms with E-state index in [1.54, 1.807) is 12.3 Å². The van der Waals surface area contributed by atoms with Gasteiger partial charge in [0.2, 0.25) is 0 Å². The van der Waals surface area contributed by atoms with Crippen molar-refractivity contribution in [1.29, 1.82) is 0 Å². The number of carbonyl (C=O) groups is 1. The molecule has 0 fully saturated rings. The van der Waals surface area contributed by atoms with E-state index >= 15 is 0 Å². The van der Waals surface area contributed by atoms with Crippen LogP contribution in [-0.2, 0) is 6.42 Å². The summed E-state index contributed by atoms with van der Waals surface area (Å²) in [5.41, 5.74) is 0.338. The summed E-state index contributed by atoms with van der Waals surface area (Å²) in [4.78, 5) is 19.4. The van der Waals surface area contributed by atoms with Crippen molar-refractivity contribution in [2.75, 3.05) is 13.2 Å². The van der Waals surface area contributed by atoms with Crippen LogP contribution in [0.4, 0.5) is 0 Å². The summed E-state index contributed by atoms with van der Waals surface area (Å²) in [7, 11) is 0. The van der Waals surface area contributed by atoms with Gasteiger partial charge in [-0.15, -0.1) is 0 Å². The van der Waals surface area contributed by atoms with Gasteiger partial charge in [-0.3, -0.25) is 4.79 Å². The minimum Gasteiger partial charge on any atom is -0.395 e. The van der Waals surface area contributed by atoms with Crippen molar-refractivity contribution in [3.8, 4) is 0 Å². The van der Waals surface area contributed by atoms with Crippen molar-refractivity contribution in [3.05, 3.63) is 23.8 Å². The first-order valence-electron chi connectivity index (χ1n) is 4.49. The molecule has 0 aliphatic rings. The van der Waals surface area contributed by atoms with Crippen LogP contribution in [0.1, 0.15) is 23.2 Å². The molecule has 0 aliphatic carbocycles. The van der Waals surface area contributed by atoms with Crippen molar-refractivity contribution < 1.29 is 9.90 Å². The predicted molar refractivity (Wildman–Crippen MR) is 50.8 cm³/mol. The van der Waals surface area contributed by atoms with E-state index in [2.05, 4.69) is 15.3 Å². The van der Waals surface area contributed by atoms with Crippen molar-refractivity contribution in [2.45, 2.75) is 13.3 Å². The highest BCUT2D eigenvalue weighted by Crippen LogP contribution is 1.95. The second kappa shape index (κ2) is 5.29. The Balaban J connectivity index is 2.69. The van der Waals surface area contributed by atoms with Crippen molar-refractivity contribution in [1.82, 2.24) is 15.3 Å². The average Bonchev–Trinajstić information content (AvgIpc) is 2.26. The molecule has 0 radical (unpaired) electrons. The number of hydrogen-bond acceptors (Lipinski definition) is 4. The number of nitrogens with zero attached hydrogens (tertiary/aromatic N) is 2. The lowest BCUT2D eigenvalue weighted by atomic mass is 10.3. The van der Waals surface area contributed by atoms with E-state index in [1.807, 2.05) is 6.92 Å². The van der Waals surface area contributed by atoms with Crippen LogP contribution < -0.4 is 5.32 Å². The summed E-state index contributed by atoms with van der Waals surface area (Å²) in [5.74, 6) is 0.359. The van der Waals surface area contributed by atoms with Crippen molar-refractivity contribution in [2.24, 2.45) is 0 Å². The lowest BCUT2D eigenvalue weighted by Crippen LogP contribution is -2.27. The van der Waals surface area contributed by atoms with Gasteiger partial charge >= 0.3 is 0 Å². The fourth-order valence-corrected chi connectivity index (χ4v) is 0.956. The van der Waals surface area contributed by atoms with Gasteiger partial charge in [0.15, 0.2) is 0 Å². The third-order valence-electron chi connectivity index (χ3n) is 1.65. The predicted octanol–water partition coefficient (Wildman–Crippen LogP) is -0.239. The summed E-state index contributed by atoms with van der Waals surface area (Å²) in [6.45, 7) is 2.09. The van der Waals surface area contributed by atoms with Gasteiger partial charge in [0, 0.05) is 19.2 Å². The summed E-state index contributed by atoms with van der Waals surface area (Å²) in [6, 6.07) is 1.55. The first-order valence-corrected chi connectivity index (χ1v) is 4.49. The van der Waals surface area contributed by atoms with Gasteiger partial charge in [-0.2, -0.15) is 0 Å². The Bertz CT molecular complexity index is 315. The standard InChI is InChI=1S/C9H13N3O2/c1-2-8-10-4-3-7(12-8)9(14)11-5-6-13/h3-4,13H,2,5-6H2,1H3,(H,11,14). The minimum absolute atomic E-state index is 0.0720. The fraction of sp³-hybridized carbons (Fsp3) is 0.444. The van der Waals surface area contributed by atoms with Gasteiger partial charge in [0.05, 0.1) is 6.61 Å². The normalized spacial score (nSPS) is 9.86. The second-order valence-electron chi connectivity index (χ2n) is 2.69. The van der Waals surface area contributed by atoms with Gasteiger partial charge in [-0.1, -0.05) is 6.92 Å². The topological polar surface area (TPSA) is 75.1 Å². The molecule has 0 aromatic carbocycles. The highest BCUT2D eigenvalue weighted by atomic mass is 16.3. The fourth-order valence-electron chi connectivity index (χ4n) is 0.956.